The summed E-state index contributed by atoms with van der Waals surface area (Å²) in [6.07, 6.45) is 0.911. The third-order valence-corrected chi connectivity index (χ3v) is 1.89. The number of aliphatic hydroxyl groups is 1. The molecule has 0 aliphatic carbocycles. The predicted octanol–water partition coefficient (Wildman–Crippen LogP) is 0.0894. The molecule has 0 saturated carbocycles. The monoisotopic (exact) mass is 174 g/mol. The zero-order valence-corrected chi connectivity index (χ0v) is 7.37. The predicted molar refractivity (Wildman–Crippen MR) is 41.6 cm³/mol. The van der Waals surface area contributed by atoms with Crippen LogP contribution in [-0.4, -0.2) is 36.0 Å². The molecule has 0 unspecified atom stereocenters. The maximum atomic E-state index is 10.3. The van der Waals surface area contributed by atoms with Gasteiger partial charge < -0.3 is 19.4 Å². The van der Waals surface area contributed by atoms with Gasteiger partial charge in [0.1, 0.15) is 11.9 Å². The van der Waals surface area contributed by atoms with Gasteiger partial charge in [0.2, 0.25) is 0 Å². The second-order valence-electron chi connectivity index (χ2n) is 3.50. The Balaban J connectivity index is 2.65. The molecule has 0 spiro atoms. The fraction of sp³-hybridized carbons (Fsp3) is 0.875. The number of hydrogen-bond acceptors (Lipinski definition) is 4. The van der Waals surface area contributed by atoms with E-state index in [9.17, 15) is 4.79 Å². The number of rotatable bonds is 3. The second-order valence-corrected chi connectivity index (χ2v) is 3.50. The maximum Gasteiger partial charge on any atom is 0.163 e. The van der Waals surface area contributed by atoms with Gasteiger partial charge in [-0.1, -0.05) is 0 Å². The minimum atomic E-state index is -0.814. The molecule has 1 rings (SSSR count). The lowest BCUT2D eigenvalue weighted by molar-refractivity contribution is -0.170. The van der Waals surface area contributed by atoms with Gasteiger partial charge in [-0.2, -0.15) is 0 Å². The Morgan fingerprint density at radius 1 is 1.58 bits per heavy atom. The van der Waals surface area contributed by atoms with Gasteiger partial charge in [-0.15, -0.1) is 0 Å². The van der Waals surface area contributed by atoms with E-state index in [1.165, 1.54) is 0 Å². The molecule has 1 fully saturated rings. The van der Waals surface area contributed by atoms with Crippen molar-refractivity contribution in [3.8, 4) is 0 Å². The molecule has 0 aromatic rings. The first kappa shape index (κ1) is 9.64. The van der Waals surface area contributed by atoms with Crippen molar-refractivity contribution in [3.05, 3.63) is 0 Å². The Hall–Kier alpha value is -0.450. The smallest absolute Gasteiger partial charge is 0.163 e. The van der Waals surface area contributed by atoms with Gasteiger partial charge in [0.05, 0.1) is 13.2 Å². The Bertz CT molecular complexity index is 178. The zero-order valence-electron chi connectivity index (χ0n) is 7.37. The summed E-state index contributed by atoms with van der Waals surface area (Å²) in [6.45, 7) is 3.61. The summed E-state index contributed by atoms with van der Waals surface area (Å²) in [6, 6.07) is 0. The topological polar surface area (TPSA) is 55.8 Å². The van der Waals surface area contributed by atoms with Crippen LogP contribution in [0, 0.1) is 0 Å². The molecule has 70 valence electrons. The van der Waals surface area contributed by atoms with Gasteiger partial charge in [-0.25, -0.2) is 0 Å². The van der Waals surface area contributed by atoms with Crippen molar-refractivity contribution in [3.63, 3.8) is 0 Å². The normalized spacial score (nSPS) is 33.6. The molecule has 0 bridgehead atoms. The molecule has 1 atom stereocenters. The van der Waals surface area contributed by atoms with E-state index < -0.39 is 11.4 Å². The van der Waals surface area contributed by atoms with E-state index in [-0.39, 0.29) is 19.6 Å². The molecule has 1 saturated heterocycles. The fourth-order valence-electron chi connectivity index (χ4n) is 1.28. The fourth-order valence-corrected chi connectivity index (χ4v) is 1.28. The molecular weight excluding hydrogens is 160 g/mol. The molecule has 1 heterocycles. The number of carbonyl (C=O) groups excluding carboxylic acids is 1. The number of aldehydes is 1. The first-order chi connectivity index (χ1) is 5.54. The molecule has 12 heavy (non-hydrogen) atoms. The molecule has 1 N–H and O–H groups in total. The number of ether oxygens (including phenoxy) is 2. The summed E-state index contributed by atoms with van der Waals surface area (Å²) >= 11 is 0. The number of hydrogen-bond donors (Lipinski definition) is 1. The van der Waals surface area contributed by atoms with Crippen molar-refractivity contribution < 1.29 is 19.4 Å². The Kier molecular flexibility index (Phi) is 2.51. The molecule has 4 heteroatoms. The largest absolute Gasteiger partial charge is 0.393 e. The summed E-state index contributed by atoms with van der Waals surface area (Å²) in [5.41, 5.74) is -0.814. The zero-order chi connectivity index (χ0) is 9.24. The van der Waals surface area contributed by atoms with Crippen LogP contribution in [0.1, 0.15) is 20.3 Å². The molecule has 0 aromatic carbocycles. The van der Waals surface area contributed by atoms with Crippen LogP contribution >= 0.6 is 0 Å². The molecular formula is C8H14O4. The standard InChI is InChI=1S/C8H14O4/c1-7(2)11-6-8(5-10,12-7)3-4-9/h4,10H,3,5-6H2,1-2H3/t8-/m1/s1. The van der Waals surface area contributed by atoms with Gasteiger partial charge in [-0.3, -0.25) is 0 Å². The first-order valence-electron chi connectivity index (χ1n) is 3.92. The molecule has 0 aromatic heterocycles. The van der Waals surface area contributed by atoms with Crippen LogP contribution in [-0.2, 0) is 14.3 Å². The van der Waals surface area contributed by atoms with Crippen LogP contribution in [0.3, 0.4) is 0 Å². The minimum absolute atomic E-state index is 0.174. The lowest BCUT2D eigenvalue weighted by Crippen LogP contribution is -2.38. The van der Waals surface area contributed by atoms with Crippen molar-refractivity contribution in [2.45, 2.75) is 31.7 Å². The van der Waals surface area contributed by atoms with E-state index in [1.807, 2.05) is 0 Å². The van der Waals surface area contributed by atoms with Crippen LogP contribution in [0.25, 0.3) is 0 Å². The van der Waals surface area contributed by atoms with E-state index in [4.69, 9.17) is 14.6 Å². The van der Waals surface area contributed by atoms with Crippen molar-refractivity contribution in [1.82, 2.24) is 0 Å². The average Bonchev–Trinajstić information content (AvgIpc) is 2.29. The Morgan fingerprint density at radius 3 is 2.58 bits per heavy atom. The van der Waals surface area contributed by atoms with Crippen LogP contribution < -0.4 is 0 Å². The highest BCUT2D eigenvalue weighted by Gasteiger charge is 2.44. The highest BCUT2D eigenvalue weighted by molar-refractivity contribution is 5.51. The van der Waals surface area contributed by atoms with Crippen LogP contribution in [0.15, 0.2) is 0 Å². The summed E-state index contributed by atoms with van der Waals surface area (Å²) in [5, 5.41) is 9.02. The van der Waals surface area contributed by atoms with Crippen molar-refractivity contribution in [2.24, 2.45) is 0 Å². The lowest BCUT2D eigenvalue weighted by atomic mass is 10.0. The average molecular weight is 174 g/mol. The van der Waals surface area contributed by atoms with Gasteiger partial charge in [0.15, 0.2) is 5.79 Å². The molecule has 0 radical (unpaired) electrons. The Morgan fingerprint density at radius 2 is 2.25 bits per heavy atom. The second kappa shape index (κ2) is 3.12. The van der Waals surface area contributed by atoms with Crippen molar-refractivity contribution in [2.75, 3.05) is 13.2 Å². The highest BCUT2D eigenvalue weighted by atomic mass is 16.8. The van der Waals surface area contributed by atoms with E-state index in [2.05, 4.69) is 0 Å². The van der Waals surface area contributed by atoms with E-state index in [0.29, 0.717) is 0 Å². The highest BCUT2D eigenvalue weighted by Crippen LogP contribution is 2.32. The maximum absolute atomic E-state index is 10.3. The molecule has 1 aliphatic rings. The van der Waals surface area contributed by atoms with E-state index in [1.54, 1.807) is 13.8 Å². The molecule has 0 amide bonds. The Labute approximate surface area is 71.5 Å². The minimum Gasteiger partial charge on any atom is -0.393 e. The van der Waals surface area contributed by atoms with Gasteiger partial charge in [-0.05, 0) is 13.8 Å². The first-order valence-corrected chi connectivity index (χ1v) is 3.92. The van der Waals surface area contributed by atoms with Gasteiger partial charge in [0, 0.05) is 6.42 Å². The third kappa shape index (κ3) is 1.83. The van der Waals surface area contributed by atoms with Crippen molar-refractivity contribution in [1.29, 1.82) is 0 Å². The number of carbonyl (C=O) groups is 1. The van der Waals surface area contributed by atoms with Crippen LogP contribution in [0.4, 0.5) is 0 Å². The summed E-state index contributed by atoms with van der Waals surface area (Å²) in [4.78, 5) is 10.3. The van der Waals surface area contributed by atoms with Crippen LogP contribution in [0.5, 0.6) is 0 Å². The SMILES string of the molecule is CC1(C)OC[C@](CO)(CC=O)O1. The lowest BCUT2D eigenvalue weighted by Gasteiger charge is -2.24. The van der Waals surface area contributed by atoms with Gasteiger partial charge >= 0.3 is 0 Å². The van der Waals surface area contributed by atoms with Crippen LogP contribution in [0.2, 0.25) is 0 Å². The molecule has 1 aliphatic heterocycles. The van der Waals surface area contributed by atoms with E-state index in [0.717, 1.165) is 6.29 Å². The quantitative estimate of drug-likeness (QED) is 0.616. The van der Waals surface area contributed by atoms with Crippen molar-refractivity contribution >= 4 is 6.29 Å². The summed E-state index contributed by atoms with van der Waals surface area (Å²) in [5.74, 6) is -0.689. The third-order valence-electron chi connectivity index (χ3n) is 1.89. The van der Waals surface area contributed by atoms with Gasteiger partial charge in [0.25, 0.3) is 0 Å². The molecule has 4 nitrogen and oxygen atoms in total. The van der Waals surface area contributed by atoms with E-state index >= 15 is 0 Å². The summed E-state index contributed by atoms with van der Waals surface area (Å²) < 4.78 is 10.7. The summed E-state index contributed by atoms with van der Waals surface area (Å²) in [7, 11) is 0. The number of aliphatic hydroxyl groups excluding tert-OH is 1.